The molecule has 0 N–H and O–H groups in total. The summed E-state index contributed by atoms with van der Waals surface area (Å²) in [5.41, 5.74) is 0. The van der Waals surface area contributed by atoms with E-state index < -0.39 is 0 Å². The van der Waals surface area contributed by atoms with Crippen LogP contribution in [-0.2, 0) is 68.8 Å². The Labute approximate surface area is 68.3 Å². The minimum atomic E-state index is 0. The van der Waals surface area contributed by atoms with Crippen LogP contribution in [0.2, 0.25) is 0 Å². The van der Waals surface area contributed by atoms with Crippen molar-refractivity contribution >= 4 is 0 Å². The van der Waals surface area contributed by atoms with Gasteiger partial charge in [-0.15, -0.1) is 0 Å². The Morgan fingerprint density at radius 3 is 0.400 bits per heavy atom. The molecule has 0 unspecified atom stereocenters. The molecule has 0 bridgehead atoms. The van der Waals surface area contributed by atoms with Crippen molar-refractivity contribution in [1.82, 2.24) is 0 Å². The van der Waals surface area contributed by atoms with Gasteiger partial charge in [0.15, 0.2) is 0 Å². The largest absolute Gasteiger partial charge is 3.00 e. The maximum atomic E-state index is 0. The van der Waals surface area contributed by atoms with Gasteiger partial charge < -0.3 is 16.4 Å². The molecule has 0 aliphatic carbocycles. The maximum absolute atomic E-state index is 0. The molecule has 3 nitrogen and oxygen atoms in total. The average Bonchev–Trinajstić information content (AvgIpc) is 0. The average molecular weight is 230 g/mol. The molecule has 5 heavy (non-hydrogen) atoms. The van der Waals surface area contributed by atoms with Crippen LogP contribution < -0.4 is 0 Å². The standard InChI is InChI=1S/3O.2Zr/q3*-2;2*+3. The summed E-state index contributed by atoms with van der Waals surface area (Å²) in [6.07, 6.45) is 0. The molecule has 0 aromatic carbocycles. The van der Waals surface area contributed by atoms with Gasteiger partial charge in [-0.1, -0.05) is 0 Å². The van der Waals surface area contributed by atoms with E-state index in [1.807, 2.05) is 0 Å². The van der Waals surface area contributed by atoms with Crippen molar-refractivity contribution in [3.05, 3.63) is 0 Å². The topological polar surface area (TPSA) is 85.5 Å². The van der Waals surface area contributed by atoms with Crippen LogP contribution in [0.15, 0.2) is 0 Å². The number of rotatable bonds is 0. The van der Waals surface area contributed by atoms with E-state index in [0.717, 1.165) is 0 Å². The molecule has 0 fully saturated rings. The van der Waals surface area contributed by atoms with Crippen LogP contribution in [0.4, 0.5) is 0 Å². The molecule has 26 valence electrons. The van der Waals surface area contributed by atoms with Crippen LogP contribution in [0.1, 0.15) is 0 Å². The van der Waals surface area contributed by atoms with Gasteiger partial charge in [0.25, 0.3) is 0 Å². The first-order chi connectivity index (χ1) is 0. The Morgan fingerprint density at radius 1 is 0.400 bits per heavy atom. The summed E-state index contributed by atoms with van der Waals surface area (Å²) < 4.78 is 0. The van der Waals surface area contributed by atoms with Gasteiger partial charge >= 0.3 is 52.4 Å². The summed E-state index contributed by atoms with van der Waals surface area (Å²) >= 11 is 0. The van der Waals surface area contributed by atoms with E-state index in [1.54, 1.807) is 0 Å². The van der Waals surface area contributed by atoms with E-state index in [0.29, 0.717) is 0 Å². The summed E-state index contributed by atoms with van der Waals surface area (Å²) in [7, 11) is 0. The van der Waals surface area contributed by atoms with Gasteiger partial charge in [-0.05, 0) is 0 Å². The zero-order chi connectivity index (χ0) is 0. The van der Waals surface area contributed by atoms with Gasteiger partial charge in [0.1, 0.15) is 0 Å². The molecule has 0 amide bonds. The van der Waals surface area contributed by atoms with E-state index in [4.69, 9.17) is 0 Å². The zero-order valence-electron chi connectivity index (χ0n) is 2.22. The third-order valence-electron chi connectivity index (χ3n) is 0. The van der Waals surface area contributed by atoms with Gasteiger partial charge in [0, 0.05) is 0 Å². The number of hydrogen-bond donors (Lipinski definition) is 0. The first kappa shape index (κ1) is 78.2. The predicted octanol–water partition coefficient (Wildman–Crippen LogP) is -0.361. The molecule has 0 rings (SSSR count). The smallest absolute Gasteiger partial charge is 2.00 e. The second-order valence-electron chi connectivity index (χ2n) is 0. The van der Waals surface area contributed by atoms with Crippen LogP contribution in [0.25, 0.3) is 0 Å². The summed E-state index contributed by atoms with van der Waals surface area (Å²) in [6, 6.07) is 0. The molecule has 5 heteroatoms. The van der Waals surface area contributed by atoms with Crippen LogP contribution in [-0.4, -0.2) is 0 Å². The molecular weight excluding hydrogens is 230 g/mol. The Kier molecular flexibility index (Phi) is 703. The second kappa shape index (κ2) is 45.0. The first-order valence-electron chi connectivity index (χ1n) is 0. The summed E-state index contributed by atoms with van der Waals surface area (Å²) in [5, 5.41) is 0. The zero-order valence-corrected chi connectivity index (χ0v) is 7.14. The van der Waals surface area contributed by atoms with E-state index in [2.05, 4.69) is 0 Å². The maximum Gasteiger partial charge on any atom is 3.00 e. The van der Waals surface area contributed by atoms with Crippen LogP contribution in [0, 0.1) is 0 Å². The van der Waals surface area contributed by atoms with Crippen molar-refractivity contribution in [3.8, 4) is 0 Å². The van der Waals surface area contributed by atoms with E-state index in [9.17, 15) is 0 Å². The van der Waals surface area contributed by atoms with Gasteiger partial charge in [-0.3, -0.25) is 0 Å². The molecule has 0 heterocycles. The van der Waals surface area contributed by atoms with Crippen molar-refractivity contribution < 1.29 is 68.8 Å². The fraction of sp³-hybridized carbons (Fsp3) is 0. The van der Waals surface area contributed by atoms with Crippen LogP contribution in [0.5, 0.6) is 0 Å². The molecule has 2 radical (unpaired) electrons. The van der Waals surface area contributed by atoms with Gasteiger partial charge in [-0.25, -0.2) is 0 Å². The fourth-order valence-electron chi connectivity index (χ4n) is 0. The molecule has 0 aliphatic heterocycles. The number of hydrogen-bond acceptors (Lipinski definition) is 0. The minimum absolute atomic E-state index is 0. The van der Waals surface area contributed by atoms with E-state index in [1.165, 1.54) is 0 Å². The van der Waals surface area contributed by atoms with Crippen molar-refractivity contribution in [2.45, 2.75) is 0 Å². The van der Waals surface area contributed by atoms with Gasteiger partial charge in [0.2, 0.25) is 0 Å². The molecule has 0 aliphatic rings. The molecule has 0 aromatic rings. The Bertz CT molecular complexity index is 4.85. The Hall–Kier alpha value is 1.65. The molecule has 0 spiro atoms. The first-order valence-corrected chi connectivity index (χ1v) is 0. The molecular formula is O3Zr2. The van der Waals surface area contributed by atoms with Crippen molar-refractivity contribution in [1.29, 1.82) is 0 Å². The van der Waals surface area contributed by atoms with Crippen LogP contribution >= 0.6 is 0 Å². The summed E-state index contributed by atoms with van der Waals surface area (Å²) in [5.74, 6) is 0. The third-order valence-corrected chi connectivity index (χ3v) is 0. The molecule has 0 saturated carbocycles. The van der Waals surface area contributed by atoms with E-state index >= 15 is 0 Å². The quantitative estimate of drug-likeness (QED) is 0.544. The minimum Gasteiger partial charge on any atom is -2.00 e. The summed E-state index contributed by atoms with van der Waals surface area (Å²) in [6.45, 7) is 0. The van der Waals surface area contributed by atoms with Gasteiger partial charge in [0.05, 0.1) is 0 Å². The second-order valence-corrected chi connectivity index (χ2v) is 0. The van der Waals surface area contributed by atoms with Crippen molar-refractivity contribution in [3.63, 3.8) is 0 Å². The Balaban J connectivity index is 0. The van der Waals surface area contributed by atoms with Crippen LogP contribution in [0.3, 0.4) is 0 Å². The third kappa shape index (κ3) is 27.7. The molecule has 0 atom stereocenters. The molecule has 0 saturated heterocycles. The summed E-state index contributed by atoms with van der Waals surface area (Å²) in [4.78, 5) is 0. The molecule has 0 aromatic heterocycles. The van der Waals surface area contributed by atoms with Gasteiger partial charge in [-0.2, -0.15) is 0 Å². The predicted molar refractivity (Wildman–Crippen MR) is 2.06 cm³/mol. The monoisotopic (exact) mass is 228 g/mol. The Morgan fingerprint density at radius 2 is 0.400 bits per heavy atom. The fourth-order valence-corrected chi connectivity index (χ4v) is 0. The van der Waals surface area contributed by atoms with E-state index in [-0.39, 0.29) is 68.8 Å². The van der Waals surface area contributed by atoms with Crippen molar-refractivity contribution in [2.75, 3.05) is 0 Å². The SMILES string of the molecule is [O-2].[O-2].[O-2].[Zr+3].[Zr+3]. The normalized spacial score (nSPS) is 0. The van der Waals surface area contributed by atoms with Crippen molar-refractivity contribution in [2.24, 2.45) is 0 Å².